The van der Waals surface area contributed by atoms with Gasteiger partial charge in [-0.1, -0.05) is 99.5 Å². The quantitative estimate of drug-likeness (QED) is 0.137. The molecule has 11 nitrogen and oxygen atoms in total. The lowest BCUT2D eigenvalue weighted by Gasteiger charge is -2.36. The number of ether oxygens (including phenoxy) is 2. The normalized spacial score (nSPS) is 14.5. The zero-order valence-corrected chi connectivity index (χ0v) is 35.7. The van der Waals surface area contributed by atoms with Crippen molar-refractivity contribution in [3.8, 4) is 5.75 Å². The van der Waals surface area contributed by atoms with Crippen molar-refractivity contribution >= 4 is 29.5 Å². The first-order chi connectivity index (χ1) is 26.9. The monoisotopic (exact) mass is 785 g/mol. The van der Waals surface area contributed by atoms with Crippen molar-refractivity contribution in [2.75, 3.05) is 35.3 Å². The van der Waals surface area contributed by atoms with Crippen LogP contribution in [0.2, 0.25) is 0 Å². The van der Waals surface area contributed by atoms with Crippen molar-refractivity contribution in [2.24, 2.45) is 17.8 Å². The number of phenols is 1. The number of carbonyl (C=O) groups excluding carboxylic acids is 5. The molecule has 0 aromatic heterocycles. The van der Waals surface area contributed by atoms with Crippen LogP contribution < -0.4 is 0 Å². The third kappa shape index (κ3) is 13.0. The van der Waals surface area contributed by atoms with E-state index < -0.39 is 53.9 Å². The Morgan fingerprint density at radius 1 is 0.632 bits per heavy atom. The highest BCUT2D eigenvalue weighted by atomic mass is 16.5. The molecule has 0 spiro atoms. The second kappa shape index (κ2) is 21.5. The number of aryl methyl sites for hydroxylation is 2. The average molecular weight is 786 g/mol. The van der Waals surface area contributed by atoms with Gasteiger partial charge in [-0.15, -0.1) is 0 Å². The number of hydrogen-bond donors (Lipinski definition) is 1. The molecule has 0 heterocycles. The smallest absolute Gasteiger partial charge is 0.328 e. The largest absolute Gasteiger partial charge is 0.508 e. The van der Waals surface area contributed by atoms with Gasteiger partial charge < -0.3 is 24.4 Å². The number of phenolic OH excluding ortho intramolecular Hbond substituents is 1. The molecule has 0 unspecified atom stereocenters. The summed E-state index contributed by atoms with van der Waals surface area (Å²) in [6, 6.07) is 19.2. The van der Waals surface area contributed by atoms with E-state index in [-0.39, 0.29) is 42.6 Å². The van der Waals surface area contributed by atoms with E-state index in [4.69, 9.17) is 9.47 Å². The summed E-state index contributed by atoms with van der Waals surface area (Å²) in [7, 11) is 7.92. The SMILES string of the molecule is CC[C@H](C)[C@@H](OC(=O)[C@@H](Cc1ccc(C)cc1)N(C)C)C(=O)C[C@@H](C(=O)N(C)[C@@H](Cc1ccc(O)cc1)C(=O)N(C)[C@@H](Cc1ccc(C)cc1)C(=O)OC)C(C)C. The Kier molecular flexibility index (Phi) is 17.5. The molecular formula is C46H63N3O8. The Bertz CT molecular complexity index is 1790. The van der Waals surface area contributed by atoms with Gasteiger partial charge in [0.25, 0.3) is 0 Å². The van der Waals surface area contributed by atoms with E-state index in [1.54, 1.807) is 31.1 Å². The van der Waals surface area contributed by atoms with E-state index >= 15 is 0 Å². The molecule has 0 fully saturated rings. The van der Waals surface area contributed by atoms with Gasteiger partial charge >= 0.3 is 11.9 Å². The van der Waals surface area contributed by atoms with Gasteiger partial charge in [0, 0.05) is 45.2 Å². The van der Waals surface area contributed by atoms with Gasteiger partial charge in [-0.2, -0.15) is 0 Å². The summed E-state index contributed by atoms with van der Waals surface area (Å²) < 4.78 is 11.2. The van der Waals surface area contributed by atoms with E-state index in [2.05, 4.69) is 0 Å². The number of methoxy groups -OCH3 is 1. The van der Waals surface area contributed by atoms with Gasteiger partial charge in [-0.25, -0.2) is 4.79 Å². The summed E-state index contributed by atoms with van der Waals surface area (Å²) in [5.74, 6) is -3.85. The molecule has 3 rings (SSSR count). The first-order valence-corrected chi connectivity index (χ1v) is 19.8. The molecule has 2 amide bonds. The average Bonchev–Trinajstić information content (AvgIpc) is 3.19. The lowest BCUT2D eigenvalue weighted by molar-refractivity contribution is -0.163. The number of aromatic hydroxyl groups is 1. The number of nitrogens with zero attached hydrogens (tertiary/aromatic N) is 3. The van der Waals surface area contributed by atoms with Gasteiger partial charge in [-0.05, 0) is 75.5 Å². The number of hydrogen-bond acceptors (Lipinski definition) is 9. The van der Waals surface area contributed by atoms with Gasteiger partial charge in [0.1, 0.15) is 23.9 Å². The van der Waals surface area contributed by atoms with E-state index in [1.807, 2.05) is 90.1 Å². The number of Topliss-reactive ketones (excluding diaryl/α,β-unsaturated/α-hetero) is 1. The van der Waals surface area contributed by atoms with Crippen LogP contribution in [0.5, 0.6) is 5.75 Å². The van der Waals surface area contributed by atoms with Crippen LogP contribution in [0.15, 0.2) is 72.8 Å². The summed E-state index contributed by atoms with van der Waals surface area (Å²) in [5, 5.41) is 9.95. The first kappa shape index (κ1) is 46.4. The van der Waals surface area contributed by atoms with Crippen molar-refractivity contribution < 1.29 is 38.6 Å². The molecule has 3 aromatic carbocycles. The second-order valence-corrected chi connectivity index (χ2v) is 15.9. The molecule has 6 atom stereocenters. The highest BCUT2D eigenvalue weighted by Gasteiger charge is 2.40. The van der Waals surface area contributed by atoms with Crippen LogP contribution in [0.3, 0.4) is 0 Å². The van der Waals surface area contributed by atoms with E-state index in [0.717, 1.165) is 22.3 Å². The lowest BCUT2D eigenvalue weighted by Crippen LogP contribution is -2.55. The fraction of sp³-hybridized carbons (Fsp3) is 0.500. The lowest BCUT2D eigenvalue weighted by atomic mass is 9.85. The number of amides is 2. The predicted octanol–water partition coefficient (Wildman–Crippen LogP) is 5.98. The number of ketones is 1. The summed E-state index contributed by atoms with van der Waals surface area (Å²) in [6.07, 6.45) is -0.0562. The molecule has 1 N–H and O–H groups in total. The van der Waals surface area contributed by atoms with Crippen molar-refractivity contribution in [1.82, 2.24) is 14.7 Å². The Hall–Kier alpha value is -5.03. The van der Waals surface area contributed by atoms with Crippen LogP contribution in [0.4, 0.5) is 0 Å². The second-order valence-electron chi connectivity index (χ2n) is 15.9. The van der Waals surface area contributed by atoms with Gasteiger partial charge in [0.05, 0.1) is 7.11 Å². The van der Waals surface area contributed by atoms with Crippen molar-refractivity contribution in [1.29, 1.82) is 0 Å². The van der Waals surface area contributed by atoms with Crippen molar-refractivity contribution in [3.05, 3.63) is 101 Å². The molecule has 0 radical (unpaired) electrons. The number of likely N-dealkylation sites (N-methyl/N-ethyl adjacent to an activating group) is 3. The Morgan fingerprint density at radius 3 is 1.51 bits per heavy atom. The predicted molar refractivity (Wildman–Crippen MR) is 221 cm³/mol. The maximum Gasteiger partial charge on any atom is 0.328 e. The Labute approximate surface area is 339 Å². The number of esters is 2. The fourth-order valence-corrected chi connectivity index (χ4v) is 6.79. The van der Waals surface area contributed by atoms with Gasteiger partial charge in [0.15, 0.2) is 11.9 Å². The number of benzene rings is 3. The third-order valence-electron chi connectivity index (χ3n) is 11.0. The van der Waals surface area contributed by atoms with Gasteiger partial charge in [-0.3, -0.25) is 24.1 Å². The zero-order chi connectivity index (χ0) is 42.6. The molecule has 57 heavy (non-hydrogen) atoms. The molecule has 0 bridgehead atoms. The summed E-state index contributed by atoms with van der Waals surface area (Å²) in [5.41, 5.74) is 4.63. The highest BCUT2D eigenvalue weighted by molar-refractivity contribution is 5.94. The maximum atomic E-state index is 14.6. The van der Waals surface area contributed by atoms with Crippen LogP contribution in [0, 0.1) is 31.6 Å². The molecule has 11 heteroatoms. The van der Waals surface area contributed by atoms with E-state index in [0.29, 0.717) is 18.4 Å². The standard InChI is InChI=1S/C46H63N3O8/c1-12-32(6)42(57-46(55)39(47(7)8)26-33-17-13-30(4)14-18-33)41(51)28-37(29(2)3)43(52)48(9)38(25-35-21-23-36(50)24-22-35)44(53)49(10)40(45(54)56-11)27-34-19-15-31(5)16-20-34/h13-24,29,32,37-40,42,50H,12,25-28H2,1-11H3/t32-,37+,38-,39+,40-,42+/m0/s1. The summed E-state index contributed by atoms with van der Waals surface area (Å²) >= 11 is 0. The Balaban J connectivity index is 1.93. The minimum Gasteiger partial charge on any atom is -0.508 e. The first-order valence-electron chi connectivity index (χ1n) is 19.8. The highest BCUT2D eigenvalue weighted by Crippen LogP contribution is 2.26. The van der Waals surface area contributed by atoms with Crippen molar-refractivity contribution in [3.63, 3.8) is 0 Å². The topological polar surface area (TPSA) is 134 Å². The van der Waals surface area contributed by atoms with E-state index in [1.165, 1.54) is 43.1 Å². The maximum absolute atomic E-state index is 14.6. The van der Waals surface area contributed by atoms with Crippen LogP contribution in [-0.4, -0.2) is 109 Å². The van der Waals surface area contributed by atoms with Crippen molar-refractivity contribution in [2.45, 2.75) is 97.9 Å². The molecule has 0 saturated heterocycles. The molecule has 3 aromatic rings. The van der Waals surface area contributed by atoms with Crippen LogP contribution in [-0.2, 0) is 52.7 Å². The molecular weight excluding hydrogens is 723 g/mol. The minimum atomic E-state index is -1.08. The fourth-order valence-electron chi connectivity index (χ4n) is 6.79. The number of carbonyl (C=O) groups is 5. The summed E-state index contributed by atoms with van der Waals surface area (Å²) in [4.78, 5) is 74.7. The van der Waals surface area contributed by atoms with Crippen LogP contribution >= 0.6 is 0 Å². The van der Waals surface area contributed by atoms with Crippen LogP contribution in [0.1, 0.15) is 68.4 Å². The van der Waals surface area contributed by atoms with E-state index in [9.17, 15) is 29.1 Å². The molecule has 0 aliphatic heterocycles. The number of rotatable bonds is 20. The molecule has 0 aliphatic carbocycles. The summed E-state index contributed by atoms with van der Waals surface area (Å²) in [6.45, 7) is 11.4. The van der Waals surface area contributed by atoms with Gasteiger partial charge in [0.2, 0.25) is 11.8 Å². The molecule has 0 aliphatic rings. The van der Waals surface area contributed by atoms with Crippen LogP contribution in [0.25, 0.3) is 0 Å². The third-order valence-corrected chi connectivity index (χ3v) is 11.0. The zero-order valence-electron chi connectivity index (χ0n) is 35.7. The minimum absolute atomic E-state index is 0.0500. The molecule has 0 saturated carbocycles. The Morgan fingerprint density at radius 2 is 1.07 bits per heavy atom. The molecule has 310 valence electrons.